The molecule has 188 valence electrons. The summed E-state index contributed by atoms with van der Waals surface area (Å²) in [6.45, 7) is 4.07. The Morgan fingerprint density at radius 3 is 2.78 bits per heavy atom. The molecule has 1 aromatic carbocycles. The molecule has 0 radical (unpaired) electrons. The Morgan fingerprint density at radius 2 is 2.03 bits per heavy atom. The Balaban J connectivity index is 1.55. The Morgan fingerprint density at radius 1 is 1.16 bits per heavy atom. The summed E-state index contributed by atoms with van der Waals surface area (Å²) in [5, 5.41) is 17.6. The molecule has 6 rings (SSSR count). The van der Waals surface area contributed by atoms with E-state index in [0.29, 0.717) is 17.1 Å². The maximum absolute atomic E-state index is 13.6. The second kappa shape index (κ2) is 9.40. The topological polar surface area (TPSA) is 115 Å². The van der Waals surface area contributed by atoms with Crippen molar-refractivity contribution in [3.05, 3.63) is 106 Å². The summed E-state index contributed by atoms with van der Waals surface area (Å²) < 4.78 is 7.82. The van der Waals surface area contributed by atoms with Gasteiger partial charge in [0.15, 0.2) is 5.82 Å². The van der Waals surface area contributed by atoms with Gasteiger partial charge in [0, 0.05) is 23.5 Å². The van der Waals surface area contributed by atoms with Crippen molar-refractivity contribution in [3.63, 3.8) is 0 Å². The summed E-state index contributed by atoms with van der Waals surface area (Å²) in [7, 11) is 0. The predicted molar refractivity (Wildman–Crippen MR) is 139 cm³/mol. The van der Waals surface area contributed by atoms with Crippen molar-refractivity contribution >= 4 is 10.9 Å². The summed E-state index contributed by atoms with van der Waals surface area (Å²) in [6.07, 6.45) is 9.48. The summed E-state index contributed by atoms with van der Waals surface area (Å²) in [6, 6.07) is 15.2. The highest BCUT2D eigenvalue weighted by Gasteiger charge is 2.39. The number of aromatic amines is 1. The van der Waals surface area contributed by atoms with E-state index >= 15 is 0 Å². The zero-order valence-corrected chi connectivity index (χ0v) is 20.9. The second-order valence-electron chi connectivity index (χ2n) is 9.99. The normalized spacial score (nSPS) is 16.7. The zero-order valence-electron chi connectivity index (χ0n) is 20.9. The molecule has 0 saturated heterocycles. The van der Waals surface area contributed by atoms with E-state index in [-0.39, 0.29) is 11.6 Å². The number of nitrogens with zero attached hydrogens (tertiary/aromatic N) is 5. The molecule has 37 heavy (non-hydrogen) atoms. The van der Waals surface area contributed by atoms with Crippen LogP contribution in [0.1, 0.15) is 73.0 Å². The highest BCUT2D eigenvalue weighted by Crippen LogP contribution is 2.36. The van der Waals surface area contributed by atoms with Crippen molar-refractivity contribution in [2.75, 3.05) is 0 Å². The quantitative estimate of drug-likeness (QED) is 0.340. The minimum absolute atomic E-state index is 0.192. The van der Waals surface area contributed by atoms with Crippen LogP contribution in [0.2, 0.25) is 0 Å². The van der Waals surface area contributed by atoms with Crippen LogP contribution < -0.4 is 10.9 Å². The molecule has 9 nitrogen and oxygen atoms in total. The van der Waals surface area contributed by atoms with Crippen LogP contribution in [0.25, 0.3) is 10.9 Å². The number of aryl methyl sites for hydroxylation is 1. The van der Waals surface area contributed by atoms with Crippen LogP contribution in [-0.4, -0.2) is 30.2 Å². The number of furan rings is 1. The molecular weight excluding hydrogens is 466 g/mol. The Kier molecular flexibility index (Phi) is 5.92. The largest absolute Gasteiger partial charge is 0.467 e. The minimum atomic E-state index is -0.830. The number of pyridine rings is 2. The molecule has 0 spiro atoms. The molecule has 1 saturated carbocycles. The summed E-state index contributed by atoms with van der Waals surface area (Å²) >= 11 is 0. The molecule has 5 aromatic rings. The molecule has 0 aliphatic heterocycles. The monoisotopic (exact) mass is 495 g/mol. The first-order valence-electron chi connectivity index (χ1n) is 12.7. The maximum atomic E-state index is 13.6. The van der Waals surface area contributed by atoms with Crippen LogP contribution in [0.4, 0.5) is 0 Å². The van der Waals surface area contributed by atoms with Gasteiger partial charge in [0.1, 0.15) is 17.3 Å². The highest BCUT2D eigenvalue weighted by atomic mass is 16.3. The van der Waals surface area contributed by atoms with Gasteiger partial charge in [-0.15, -0.1) is 5.10 Å². The lowest BCUT2D eigenvalue weighted by molar-refractivity contribution is 0.309. The summed E-state index contributed by atoms with van der Waals surface area (Å²) in [5.74, 6) is 1.30. The van der Waals surface area contributed by atoms with Crippen LogP contribution in [0, 0.1) is 6.92 Å². The molecule has 0 amide bonds. The molecule has 0 bridgehead atoms. The Hall–Kier alpha value is -4.11. The van der Waals surface area contributed by atoms with Gasteiger partial charge in [0.25, 0.3) is 5.56 Å². The third-order valence-electron chi connectivity index (χ3n) is 7.47. The highest BCUT2D eigenvalue weighted by molar-refractivity contribution is 5.79. The van der Waals surface area contributed by atoms with E-state index in [4.69, 9.17) is 4.42 Å². The van der Waals surface area contributed by atoms with E-state index in [1.54, 1.807) is 18.7 Å². The lowest BCUT2D eigenvalue weighted by Gasteiger charge is -2.34. The fourth-order valence-corrected chi connectivity index (χ4v) is 5.45. The van der Waals surface area contributed by atoms with Crippen molar-refractivity contribution < 1.29 is 4.42 Å². The van der Waals surface area contributed by atoms with Gasteiger partial charge in [-0.3, -0.25) is 15.1 Å². The van der Waals surface area contributed by atoms with Crippen LogP contribution in [0.3, 0.4) is 0 Å². The molecule has 4 heterocycles. The average molecular weight is 496 g/mol. The molecule has 2 atom stereocenters. The molecule has 2 N–H and O–H groups in total. The van der Waals surface area contributed by atoms with E-state index in [2.05, 4.69) is 36.9 Å². The van der Waals surface area contributed by atoms with E-state index in [0.717, 1.165) is 47.7 Å². The van der Waals surface area contributed by atoms with Crippen LogP contribution >= 0.6 is 0 Å². The van der Waals surface area contributed by atoms with Gasteiger partial charge in [0.05, 0.1) is 12.3 Å². The zero-order chi connectivity index (χ0) is 25.4. The van der Waals surface area contributed by atoms with Crippen molar-refractivity contribution in [3.8, 4) is 0 Å². The number of benzene rings is 1. The minimum Gasteiger partial charge on any atom is -0.467 e. The lowest BCUT2D eigenvalue weighted by atomic mass is 9.88. The summed E-state index contributed by atoms with van der Waals surface area (Å²) in [4.78, 5) is 21.0. The predicted octanol–water partition coefficient (Wildman–Crippen LogP) is 4.57. The number of hydrogen-bond acceptors (Lipinski definition) is 7. The average Bonchev–Trinajstić information content (AvgIpc) is 3.70. The van der Waals surface area contributed by atoms with Crippen LogP contribution in [0.15, 0.2) is 76.4 Å². The number of tetrazole rings is 1. The van der Waals surface area contributed by atoms with Gasteiger partial charge in [0.2, 0.25) is 0 Å². The standard InChI is InChI=1S/C28H29N7O2/c1-18-11-12-23-19(15-18)16-22(27(36)30-23)25(26-32-33-34-35(26)21-8-3-4-9-21)31-28(2,24-10-6-14-37-24)20-7-5-13-29-17-20/h5-7,10-17,21,25,31H,3-4,8-9H2,1-2H3,(H,30,36). The number of H-pyrrole nitrogens is 1. The first kappa shape index (κ1) is 23.3. The molecule has 9 heteroatoms. The smallest absolute Gasteiger partial charge is 0.253 e. The number of nitrogens with one attached hydrogen (secondary N) is 2. The van der Waals surface area contributed by atoms with Crippen LogP contribution in [0.5, 0.6) is 0 Å². The van der Waals surface area contributed by atoms with Gasteiger partial charge in [-0.05, 0) is 84.5 Å². The van der Waals surface area contributed by atoms with E-state index in [1.165, 1.54) is 0 Å². The molecule has 1 aliphatic rings. The van der Waals surface area contributed by atoms with Crippen molar-refractivity contribution in [1.82, 2.24) is 35.5 Å². The number of hydrogen-bond donors (Lipinski definition) is 2. The van der Waals surface area contributed by atoms with Gasteiger partial charge >= 0.3 is 0 Å². The first-order chi connectivity index (χ1) is 18.0. The molecular formula is C28H29N7O2. The van der Waals surface area contributed by atoms with E-state index in [1.807, 2.05) is 61.0 Å². The molecule has 4 aromatic heterocycles. The van der Waals surface area contributed by atoms with Gasteiger partial charge in [-0.2, -0.15) is 0 Å². The van der Waals surface area contributed by atoms with E-state index < -0.39 is 11.6 Å². The first-order valence-corrected chi connectivity index (χ1v) is 12.7. The third kappa shape index (κ3) is 4.25. The van der Waals surface area contributed by atoms with Crippen molar-refractivity contribution in [2.45, 2.75) is 57.2 Å². The maximum Gasteiger partial charge on any atom is 0.253 e. The fourth-order valence-electron chi connectivity index (χ4n) is 5.45. The third-order valence-corrected chi connectivity index (χ3v) is 7.47. The molecule has 1 fully saturated rings. The SMILES string of the molecule is Cc1ccc2[nH]c(=O)c(C(NC(C)(c3cccnc3)c3ccco3)c3nnnn3C3CCCC3)cc2c1. The van der Waals surface area contributed by atoms with Gasteiger partial charge < -0.3 is 9.40 Å². The lowest BCUT2D eigenvalue weighted by Crippen LogP contribution is -2.45. The fraction of sp³-hybridized carbons (Fsp3) is 0.321. The van der Waals surface area contributed by atoms with Gasteiger partial charge in [-0.25, -0.2) is 4.68 Å². The van der Waals surface area contributed by atoms with Crippen molar-refractivity contribution in [2.24, 2.45) is 0 Å². The van der Waals surface area contributed by atoms with Crippen molar-refractivity contribution in [1.29, 1.82) is 0 Å². The Bertz CT molecular complexity index is 1570. The molecule has 2 unspecified atom stereocenters. The number of rotatable bonds is 7. The van der Waals surface area contributed by atoms with E-state index in [9.17, 15) is 4.79 Å². The van der Waals surface area contributed by atoms with Gasteiger partial charge in [-0.1, -0.05) is 30.5 Å². The summed E-state index contributed by atoms with van der Waals surface area (Å²) in [5.41, 5.74) is 2.30. The molecule has 1 aliphatic carbocycles. The number of fused-ring (bicyclic) bond motifs is 1. The second-order valence-corrected chi connectivity index (χ2v) is 9.99. The Labute approximate surface area is 213 Å². The van der Waals surface area contributed by atoms with Crippen LogP contribution in [-0.2, 0) is 5.54 Å². The number of aromatic nitrogens is 6.